The third-order valence-corrected chi connectivity index (χ3v) is 2.13. The molecule has 0 aromatic carbocycles. The number of hydrogen-bond acceptors (Lipinski definition) is 6. The Morgan fingerprint density at radius 1 is 1.42 bits per heavy atom. The van der Waals surface area contributed by atoms with E-state index in [4.69, 9.17) is 15.3 Å². The van der Waals surface area contributed by atoms with Crippen LogP contribution in [0.25, 0.3) is 0 Å². The van der Waals surface area contributed by atoms with E-state index in [9.17, 15) is 4.79 Å². The maximum absolute atomic E-state index is 11.1. The van der Waals surface area contributed by atoms with Gasteiger partial charge in [0.2, 0.25) is 0 Å². The van der Waals surface area contributed by atoms with E-state index in [0.717, 1.165) is 0 Å². The first kappa shape index (κ1) is 15.5. The minimum absolute atomic E-state index is 0.153. The number of carbonyl (C=O) groups excluding carboxylic acids is 1. The molecule has 0 saturated carbocycles. The van der Waals surface area contributed by atoms with Gasteiger partial charge in [-0.05, 0) is 20.8 Å². The predicted molar refractivity (Wildman–Crippen MR) is 68.2 cm³/mol. The molecular formula is C11H21N5O3. The van der Waals surface area contributed by atoms with Crippen molar-refractivity contribution in [2.24, 2.45) is 5.84 Å². The quantitative estimate of drug-likeness (QED) is 0.306. The van der Waals surface area contributed by atoms with E-state index < -0.39 is 5.91 Å². The number of nitrogen functional groups attached to an aromatic ring is 1. The van der Waals surface area contributed by atoms with Crippen molar-refractivity contribution in [3.05, 3.63) is 11.9 Å². The lowest BCUT2D eigenvalue weighted by molar-refractivity contribution is -0.0358. The van der Waals surface area contributed by atoms with Crippen LogP contribution in [0.1, 0.15) is 31.3 Å². The average Bonchev–Trinajstić information content (AvgIpc) is 2.80. The highest BCUT2D eigenvalue weighted by atomic mass is 16.5. The standard InChI is InChI=1S/C11H21N5O3/c1-11(2,3)19-7-6-18-5-4-16-8-9(14-15-16)10(17)13-12/h8H,4-7,12H2,1-3H3,(H,13,17). The molecule has 108 valence electrons. The number of aromatic nitrogens is 3. The Morgan fingerprint density at radius 2 is 2.16 bits per heavy atom. The SMILES string of the molecule is CC(C)(C)OCCOCCn1cc(C(=O)NN)nn1. The summed E-state index contributed by atoms with van der Waals surface area (Å²) < 4.78 is 12.4. The second-order valence-electron chi connectivity index (χ2n) is 4.91. The number of nitrogens with zero attached hydrogens (tertiary/aromatic N) is 3. The number of hydrazine groups is 1. The molecule has 0 aliphatic rings. The zero-order valence-electron chi connectivity index (χ0n) is 11.5. The molecule has 0 aliphatic heterocycles. The van der Waals surface area contributed by atoms with E-state index in [1.54, 1.807) is 0 Å². The average molecular weight is 271 g/mol. The number of nitrogens with two attached hydrogens (primary N) is 1. The number of rotatable bonds is 7. The first-order valence-electron chi connectivity index (χ1n) is 6.05. The summed E-state index contributed by atoms with van der Waals surface area (Å²) in [5, 5.41) is 7.46. The molecule has 1 rings (SSSR count). The normalized spacial score (nSPS) is 11.6. The van der Waals surface area contributed by atoms with Crippen LogP contribution in [0.5, 0.6) is 0 Å². The van der Waals surface area contributed by atoms with E-state index in [1.807, 2.05) is 26.2 Å². The van der Waals surface area contributed by atoms with E-state index in [-0.39, 0.29) is 11.3 Å². The van der Waals surface area contributed by atoms with Gasteiger partial charge >= 0.3 is 0 Å². The number of ether oxygens (including phenoxy) is 2. The molecule has 0 bridgehead atoms. The second-order valence-corrected chi connectivity index (χ2v) is 4.91. The number of carbonyl (C=O) groups is 1. The van der Waals surface area contributed by atoms with E-state index >= 15 is 0 Å². The zero-order valence-corrected chi connectivity index (χ0v) is 11.5. The fourth-order valence-electron chi connectivity index (χ4n) is 1.25. The van der Waals surface area contributed by atoms with Gasteiger partial charge in [-0.15, -0.1) is 5.10 Å². The van der Waals surface area contributed by atoms with Crippen molar-refractivity contribution in [3.63, 3.8) is 0 Å². The molecular weight excluding hydrogens is 250 g/mol. The summed E-state index contributed by atoms with van der Waals surface area (Å²) >= 11 is 0. The van der Waals surface area contributed by atoms with Crippen LogP contribution in [0.15, 0.2) is 6.20 Å². The summed E-state index contributed by atoms with van der Waals surface area (Å²) in [6, 6.07) is 0. The molecule has 0 radical (unpaired) electrons. The molecule has 8 nitrogen and oxygen atoms in total. The number of amides is 1. The molecule has 8 heteroatoms. The van der Waals surface area contributed by atoms with Gasteiger partial charge in [0.15, 0.2) is 5.69 Å². The van der Waals surface area contributed by atoms with Crippen LogP contribution < -0.4 is 11.3 Å². The van der Waals surface area contributed by atoms with Crippen LogP contribution in [0.3, 0.4) is 0 Å². The monoisotopic (exact) mass is 271 g/mol. The predicted octanol–water partition coefficient (Wildman–Crippen LogP) is -0.287. The minimum atomic E-state index is -0.467. The lowest BCUT2D eigenvalue weighted by Crippen LogP contribution is -2.30. The summed E-state index contributed by atoms with van der Waals surface area (Å²) in [6.07, 6.45) is 1.51. The molecule has 0 spiro atoms. The first-order chi connectivity index (χ1) is 8.92. The highest BCUT2D eigenvalue weighted by Gasteiger charge is 2.10. The molecule has 3 N–H and O–H groups in total. The van der Waals surface area contributed by atoms with Crippen LogP contribution in [0.2, 0.25) is 0 Å². The molecule has 1 aromatic heterocycles. The van der Waals surface area contributed by atoms with Crippen molar-refractivity contribution in [2.45, 2.75) is 32.9 Å². The van der Waals surface area contributed by atoms with Crippen molar-refractivity contribution in [1.29, 1.82) is 0 Å². The fraction of sp³-hybridized carbons (Fsp3) is 0.727. The van der Waals surface area contributed by atoms with Gasteiger partial charge in [-0.25, -0.2) is 10.5 Å². The Balaban J connectivity index is 2.16. The molecule has 0 aliphatic carbocycles. The maximum atomic E-state index is 11.1. The summed E-state index contributed by atoms with van der Waals surface area (Å²) in [7, 11) is 0. The van der Waals surface area contributed by atoms with Crippen molar-refractivity contribution in [1.82, 2.24) is 20.4 Å². The smallest absolute Gasteiger partial charge is 0.287 e. The molecule has 0 atom stereocenters. The number of hydrogen-bond donors (Lipinski definition) is 2. The summed E-state index contributed by atoms with van der Waals surface area (Å²) in [5.41, 5.74) is 2.02. The zero-order chi connectivity index (χ0) is 14.3. The van der Waals surface area contributed by atoms with Crippen LogP contribution in [-0.2, 0) is 16.0 Å². The van der Waals surface area contributed by atoms with Gasteiger partial charge in [-0.3, -0.25) is 10.2 Å². The lowest BCUT2D eigenvalue weighted by atomic mass is 10.2. The van der Waals surface area contributed by atoms with Gasteiger partial charge in [0, 0.05) is 0 Å². The third-order valence-electron chi connectivity index (χ3n) is 2.13. The molecule has 1 aromatic rings. The Labute approximate surface area is 112 Å². The molecule has 0 saturated heterocycles. The summed E-state index contributed by atoms with van der Waals surface area (Å²) in [6.45, 7) is 8.02. The molecule has 1 heterocycles. The van der Waals surface area contributed by atoms with Crippen molar-refractivity contribution in [2.75, 3.05) is 19.8 Å². The van der Waals surface area contributed by atoms with Crippen LogP contribution in [0, 0.1) is 0 Å². The summed E-state index contributed by atoms with van der Waals surface area (Å²) in [5.74, 6) is 4.52. The number of nitrogens with one attached hydrogen (secondary N) is 1. The van der Waals surface area contributed by atoms with E-state index in [1.165, 1.54) is 10.9 Å². The van der Waals surface area contributed by atoms with Gasteiger partial charge in [0.1, 0.15) is 0 Å². The van der Waals surface area contributed by atoms with Crippen molar-refractivity contribution < 1.29 is 14.3 Å². The van der Waals surface area contributed by atoms with Crippen LogP contribution in [-0.4, -0.2) is 46.3 Å². The Hall–Kier alpha value is -1.51. The van der Waals surface area contributed by atoms with Gasteiger partial charge in [0.05, 0.1) is 38.2 Å². The highest BCUT2D eigenvalue weighted by molar-refractivity contribution is 5.91. The Morgan fingerprint density at radius 3 is 2.79 bits per heavy atom. The first-order valence-corrected chi connectivity index (χ1v) is 6.05. The van der Waals surface area contributed by atoms with Gasteiger partial charge in [0.25, 0.3) is 5.91 Å². The van der Waals surface area contributed by atoms with Crippen LogP contribution in [0.4, 0.5) is 0 Å². The molecule has 0 fully saturated rings. The topological polar surface area (TPSA) is 104 Å². The summed E-state index contributed by atoms with van der Waals surface area (Å²) in [4.78, 5) is 11.1. The minimum Gasteiger partial charge on any atom is -0.377 e. The van der Waals surface area contributed by atoms with Crippen LogP contribution >= 0.6 is 0 Å². The molecule has 0 unspecified atom stereocenters. The van der Waals surface area contributed by atoms with Crippen molar-refractivity contribution in [3.8, 4) is 0 Å². The van der Waals surface area contributed by atoms with Gasteiger partial charge < -0.3 is 9.47 Å². The second kappa shape index (κ2) is 7.17. The largest absolute Gasteiger partial charge is 0.377 e. The van der Waals surface area contributed by atoms with Gasteiger partial charge in [-0.1, -0.05) is 5.21 Å². The lowest BCUT2D eigenvalue weighted by Gasteiger charge is -2.19. The van der Waals surface area contributed by atoms with Crippen molar-refractivity contribution >= 4 is 5.91 Å². The van der Waals surface area contributed by atoms with Gasteiger partial charge in [-0.2, -0.15) is 0 Å². The highest BCUT2D eigenvalue weighted by Crippen LogP contribution is 2.05. The Kier molecular flexibility index (Phi) is 5.87. The third kappa shape index (κ3) is 6.27. The van der Waals surface area contributed by atoms with E-state index in [2.05, 4.69) is 10.3 Å². The Bertz CT molecular complexity index is 399. The maximum Gasteiger partial charge on any atom is 0.287 e. The fourth-order valence-corrected chi connectivity index (χ4v) is 1.25. The van der Waals surface area contributed by atoms with E-state index in [0.29, 0.717) is 26.4 Å². The molecule has 1 amide bonds. The molecule has 19 heavy (non-hydrogen) atoms.